The van der Waals surface area contributed by atoms with E-state index in [-0.39, 0.29) is 11.4 Å². The number of hydrogen-bond acceptors (Lipinski definition) is 6. The summed E-state index contributed by atoms with van der Waals surface area (Å²) in [7, 11) is 0.397. The van der Waals surface area contributed by atoms with E-state index in [1.807, 2.05) is 0 Å². The highest BCUT2D eigenvalue weighted by atomic mass is 32.2. The van der Waals surface area contributed by atoms with E-state index in [9.17, 15) is 13.2 Å². The van der Waals surface area contributed by atoms with Gasteiger partial charge in [-0.1, -0.05) is 0 Å². The van der Waals surface area contributed by atoms with Gasteiger partial charge in [0, 0.05) is 6.07 Å². The second-order valence-electron chi connectivity index (χ2n) is 4.02. The lowest BCUT2D eigenvalue weighted by atomic mass is 10.2. The Bertz CT molecular complexity index is 599. The van der Waals surface area contributed by atoms with Crippen LogP contribution < -0.4 is 13.8 Å². The van der Waals surface area contributed by atoms with Crippen LogP contribution in [0.5, 0.6) is 11.5 Å². The van der Waals surface area contributed by atoms with Crippen LogP contribution in [0.4, 0.5) is 5.69 Å². The van der Waals surface area contributed by atoms with E-state index in [1.54, 1.807) is 12.1 Å². The SMILES string of the molecule is CCS(=O)(=O)N(CC(=O)OC)c1cc(OC)ccc1OC. The molecule has 0 unspecified atom stereocenters. The van der Waals surface area contributed by atoms with Crippen LogP contribution in [0.25, 0.3) is 0 Å². The molecule has 1 rings (SSSR count). The number of anilines is 1. The van der Waals surface area contributed by atoms with Gasteiger partial charge in [0.2, 0.25) is 10.0 Å². The maximum atomic E-state index is 12.2. The molecule has 0 aliphatic rings. The largest absolute Gasteiger partial charge is 0.497 e. The number of carbonyl (C=O) groups is 1. The van der Waals surface area contributed by atoms with E-state index < -0.39 is 22.5 Å². The molecular weight excluding hydrogens is 298 g/mol. The summed E-state index contributed by atoms with van der Waals surface area (Å²) < 4.78 is 40.3. The van der Waals surface area contributed by atoms with Crippen LogP contribution in [0.15, 0.2) is 18.2 Å². The van der Waals surface area contributed by atoms with Crippen molar-refractivity contribution in [3.05, 3.63) is 18.2 Å². The summed E-state index contributed by atoms with van der Waals surface area (Å²) in [5.41, 5.74) is 0.226. The van der Waals surface area contributed by atoms with Gasteiger partial charge in [0.05, 0.1) is 32.8 Å². The van der Waals surface area contributed by atoms with Gasteiger partial charge in [-0.3, -0.25) is 9.10 Å². The maximum Gasteiger partial charge on any atom is 0.326 e. The van der Waals surface area contributed by atoms with Crippen molar-refractivity contribution >= 4 is 21.7 Å². The van der Waals surface area contributed by atoms with Gasteiger partial charge in [0.1, 0.15) is 18.0 Å². The predicted molar refractivity (Wildman–Crippen MR) is 78.4 cm³/mol. The molecule has 21 heavy (non-hydrogen) atoms. The molecule has 7 nitrogen and oxygen atoms in total. The molecule has 0 amide bonds. The van der Waals surface area contributed by atoms with E-state index in [2.05, 4.69) is 4.74 Å². The van der Waals surface area contributed by atoms with Gasteiger partial charge in [-0.15, -0.1) is 0 Å². The second-order valence-corrected chi connectivity index (χ2v) is 6.20. The number of ether oxygens (including phenoxy) is 3. The molecule has 8 heteroatoms. The minimum absolute atomic E-state index is 0.162. The van der Waals surface area contributed by atoms with Crippen molar-refractivity contribution < 1.29 is 27.4 Å². The van der Waals surface area contributed by atoms with Crippen molar-refractivity contribution in [3.8, 4) is 11.5 Å². The summed E-state index contributed by atoms with van der Waals surface area (Å²) in [5.74, 6) is -0.0646. The van der Waals surface area contributed by atoms with Crippen molar-refractivity contribution in [1.29, 1.82) is 0 Å². The Labute approximate surface area is 124 Å². The molecular formula is C13H19NO6S. The average Bonchev–Trinajstić information content (AvgIpc) is 2.51. The molecule has 0 heterocycles. The standard InChI is InChI=1S/C13H19NO6S/c1-5-21(16,17)14(9-13(15)20-4)11-8-10(18-2)6-7-12(11)19-3/h6-8H,5,9H2,1-4H3. The molecule has 0 radical (unpaired) electrons. The monoisotopic (exact) mass is 317 g/mol. The molecule has 0 spiro atoms. The molecule has 0 aromatic heterocycles. The summed E-state index contributed by atoms with van der Waals surface area (Å²) in [6.07, 6.45) is 0. The number of hydrogen-bond donors (Lipinski definition) is 0. The van der Waals surface area contributed by atoms with Crippen LogP contribution in [0, 0.1) is 0 Å². The number of benzene rings is 1. The van der Waals surface area contributed by atoms with Gasteiger partial charge in [0.25, 0.3) is 0 Å². The van der Waals surface area contributed by atoms with Crippen molar-refractivity contribution in [3.63, 3.8) is 0 Å². The smallest absolute Gasteiger partial charge is 0.326 e. The van der Waals surface area contributed by atoms with Gasteiger partial charge >= 0.3 is 5.97 Å². The van der Waals surface area contributed by atoms with Crippen molar-refractivity contribution in [2.75, 3.05) is 37.9 Å². The average molecular weight is 317 g/mol. The molecule has 0 atom stereocenters. The maximum absolute atomic E-state index is 12.2. The third-order valence-electron chi connectivity index (χ3n) is 2.86. The Morgan fingerprint density at radius 3 is 2.33 bits per heavy atom. The number of sulfonamides is 1. The molecule has 0 aliphatic heterocycles. The molecule has 0 bridgehead atoms. The first-order chi connectivity index (χ1) is 9.89. The Balaban J connectivity index is 3.40. The Hall–Kier alpha value is -1.96. The van der Waals surface area contributed by atoms with E-state index in [0.717, 1.165) is 4.31 Å². The summed E-state index contributed by atoms with van der Waals surface area (Å²) in [5, 5.41) is 0. The molecule has 1 aromatic carbocycles. The zero-order valence-electron chi connectivity index (χ0n) is 12.5. The molecule has 0 saturated carbocycles. The Morgan fingerprint density at radius 2 is 1.86 bits per heavy atom. The molecule has 118 valence electrons. The number of rotatable bonds is 7. The molecule has 0 aliphatic carbocycles. The van der Waals surface area contributed by atoms with Crippen LogP contribution in [0.3, 0.4) is 0 Å². The summed E-state index contributed by atoms with van der Waals surface area (Å²) in [6.45, 7) is 1.06. The molecule has 1 aromatic rings. The molecule has 0 fully saturated rings. The Morgan fingerprint density at radius 1 is 1.19 bits per heavy atom. The summed E-state index contributed by atoms with van der Waals surface area (Å²) in [4.78, 5) is 11.5. The summed E-state index contributed by atoms with van der Waals surface area (Å²) >= 11 is 0. The van der Waals surface area contributed by atoms with E-state index in [4.69, 9.17) is 9.47 Å². The fourth-order valence-electron chi connectivity index (χ4n) is 1.66. The topological polar surface area (TPSA) is 82.1 Å². The first kappa shape index (κ1) is 17.1. The zero-order chi connectivity index (χ0) is 16.0. The first-order valence-corrected chi connectivity index (χ1v) is 7.79. The van der Waals surface area contributed by atoms with Gasteiger partial charge in [-0.05, 0) is 19.1 Å². The first-order valence-electron chi connectivity index (χ1n) is 6.18. The second kappa shape index (κ2) is 7.16. The number of nitrogens with zero attached hydrogens (tertiary/aromatic N) is 1. The highest BCUT2D eigenvalue weighted by Crippen LogP contribution is 2.34. The van der Waals surface area contributed by atoms with E-state index in [1.165, 1.54) is 34.3 Å². The van der Waals surface area contributed by atoms with Gasteiger partial charge in [-0.25, -0.2) is 8.42 Å². The summed E-state index contributed by atoms with van der Waals surface area (Å²) in [6, 6.07) is 4.70. The van der Waals surface area contributed by atoms with Gasteiger partial charge < -0.3 is 14.2 Å². The van der Waals surface area contributed by atoms with Crippen LogP contribution >= 0.6 is 0 Å². The highest BCUT2D eigenvalue weighted by molar-refractivity contribution is 7.92. The fraction of sp³-hybridized carbons (Fsp3) is 0.462. The van der Waals surface area contributed by atoms with Crippen molar-refractivity contribution in [2.24, 2.45) is 0 Å². The van der Waals surface area contributed by atoms with E-state index in [0.29, 0.717) is 11.5 Å². The number of methoxy groups -OCH3 is 3. The van der Waals surface area contributed by atoms with Crippen LogP contribution in [0.1, 0.15) is 6.92 Å². The van der Waals surface area contributed by atoms with Gasteiger partial charge in [-0.2, -0.15) is 0 Å². The third kappa shape index (κ3) is 4.01. The lowest BCUT2D eigenvalue weighted by Crippen LogP contribution is -2.37. The van der Waals surface area contributed by atoms with Crippen molar-refractivity contribution in [2.45, 2.75) is 6.92 Å². The van der Waals surface area contributed by atoms with Crippen LogP contribution in [-0.4, -0.2) is 48.0 Å². The molecule has 0 N–H and O–H groups in total. The third-order valence-corrected chi connectivity index (χ3v) is 4.58. The Kier molecular flexibility index (Phi) is 5.83. The minimum atomic E-state index is -3.68. The number of esters is 1. The van der Waals surface area contributed by atoms with E-state index >= 15 is 0 Å². The lowest BCUT2D eigenvalue weighted by molar-refractivity contribution is -0.138. The van der Waals surface area contributed by atoms with Crippen LogP contribution in [-0.2, 0) is 19.6 Å². The van der Waals surface area contributed by atoms with Crippen molar-refractivity contribution in [1.82, 2.24) is 0 Å². The predicted octanol–water partition coefficient (Wildman–Crippen LogP) is 1.03. The highest BCUT2D eigenvalue weighted by Gasteiger charge is 2.27. The minimum Gasteiger partial charge on any atom is -0.497 e. The van der Waals surface area contributed by atoms with Crippen LogP contribution in [0.2, 0.25) is 0 Å². The fourth-order valence-corrected chi connectivity index (χ4v) is 2.72. The van der Waals surface area contributed by atoms with Gasteiger partial charge in [0.15, 0.2) is 0 Å². The lowest BCUT2D eigenvalue weighted by Gasteiger charge is -2.24. The normalized spacial score (nSPS) is 10.9. The quantitative estimate of drug-likeness (QED) is 0.699. The zero-order valence-corrected chi connectivity index (χ0v) is 13.3. The molecule has 0 saturated heterocycles. The number of carbonyl (C=O) groups excluding carboxylic acids is 1.